The number of amides is 2. The first-order valence-electron chi connectivity index (χ1n) is 7.96. The van der Waals surface area contributed by atoms with E-state index in [0.29, 0.717) is 17.4 Å². The summed E-state index contributed by atoms with van der Waals surface area (Å²) >= 11 is 0. The minimum absolute atomic E-state index is 0.0366. The van der Waals surface area contributed by atoms with Crippen molar-refractivity contribution in [2.45, 2.75) is 19.8 Å². The minimum Gasteiger partial charge on any atom is -0.482 e. The van der Waals surface area contributed by atoms with Gasteiger partial charge in [0.2, 0.25) is 5.91 Å². The monoisotopic (exact) mass is 324 g/mol. The number of para-hydroxylation sites is 2. The number of ether oxygens (including phenoxy) is 1. The Bertz CT molecular complexity index is 753. The molecule has 5 nitrogen and oxygen atoms in total. The number of carbonyl (C=O) groups is 2. The summed E-state index contributed by atoms with van der Waals surface area (Å²) < 4.78 is 5.38. The average molecular weight is 324 g/mol. The zero-order valence-corrected chi connectivity index (χ0v) is 13.8. The lowest BCUT2D eigenvalue weighted by Gasteiger charge is -2.28. The number of nitrogens with zero attached hydrogens (tertiary/aromatic N) is 1. The van der Waals surface area contributed by atoms with Gasteiger partial charge in [-0.3, -0.25) is 14.5 Å². The second-order valence-electron chi connectivity index (χ2n) is 6.06. The largest absolute Gasteiger partial charge is 0.482 e. The molecule has 0 aromatic heterocycles. The van der Waals surface area contributed by atoms with E-state index in [1.807, 2.05) is 36.4 Å². The van der Waals surface area contributed by atoms with Gasteiger partial charge in [-0.2, -0.15) is 0 Å². The van der Waals surface area contributed by atoms with Crippen molar-refractivity contribution in [3.63, 3.8) is 0 Å². The molecule has 0 saturated heterocycles. The molecule has 3 rings (SSSR count). The quantitative estimate of drug-likeness (QED) is 0.940. The normalized spacial score (nSPS) is 13.5. The van der Waals surface area contributed by atoms with E-state index < -0.39 is 0 Å². The van der Waals surface area contributed by atoms with E-state index in [1.54, 1.807) is 12.1 Å². The Labute approximate surface area is 141 Å². The third-order valence-electron chi connectivity index (χ3n) is 3.97. The van der Waals surface area contributed by atoms with Crippen LogP contribution in [0, 0.1) is 0 Å². The van der Waals surface area contributed by atoms with Crippen LogP contribution in [0.1, 0.15) is 25.3 Å². The Morgan fingerprint density at radius 3 is 2.58 bits per heavy atom. The number of hydrogen-bond donors (Lipinski definition) is 1. The van der Waals surface area contributed by atoms with E-state index in [0.717, 1.165) is 5.69 Å². The molecule has 0 atom stereocenters. The van der Waals surface area contributed by atoms with Gasteiger partial charge in [0.1, 0.15) is 12.3 Å². The van der Waals surface area contributed by atoms with E-state index in [9.17, 15) is 9.59 Å². The number of nitrogens with one attached hydrogen (secondary N) is 1. The van der Waals surface area contributed by atoms with Crippen LogP contribution in [0.2, 0.25) is 0 Å². The molecule has 5 heteroatoms. The van der Waals surface area contributed by atoms with Crippen molar-refractivity contribution in [3.05, 3.63) is 54.1 Å². The maximum Gasteiger partial charge on any atom is 0.265 e. The molecule has 2 amide bonds. The van der Waals surface area contributed by atoms with Gasteiger partial charge >= 0.3 is 0 Å². The topological polar surface area (TPSA) is 58.6 Å². The molecule has 0 saturated carbocycles. The molecule has 124 valence electrons. The number of rotatable bonds is 4. The second kappa shape index (κ2) is 6.74. The van der Waals surface area contributed by atoms with Crippen molar-refractivity contribution in [2.75, 3.05) is 23.4 Å². The number of benzene rings is 2. The molecule has 1 N–H and O–H groups in total. The third kappa shape index (κ3) is 3.40. The summed E-state index contributed by atoms with van der Waals surface area (Å²) in [6.07, 6.45) is 0. The lowest BCUT2D eigenvalue weighted by Crippen LogP contribution is -2.43. The molecule has 0 fully saturated rings. The van der Waals surface area contributed by atoms with E-state index in [2.05, 4.69) is 19.2 Å². The van der Waals surface area contributed by atoms with Crippen molar-refractivity contribution in [3.8, 4) is 5.75 Å². The summed E-state index contributed by atoms with van der Waals surface area (Å²) in [5, 5.41) is 2.83. The van der Waals surface area contributed by atoms with Crippen LogP contribution in [0.15, 0.2) is 48.5 Å². The zero-order chi connectivity index (χ0) is 17.1. The van der Waals surface area contributed by atoms with Gasteiger partial charge in [-0.25, -0.2) is 0 Å². The van der Waals surface area contributed by atoms with E-state index >= 15 is 0 Å². The minimum atomic E-state index is -0.239. The highest BCUT2D eigenvalue weighted by molar-refractivity contribution is 6.04. The van der Waals surface area contributed by atoms with Crippen LogP contribution in [-0.2, 0) is 9.59 Å². The van der Waals surface area contributed by atoms with Crippen LogP contribution < -0.4 is 15.0 Å². The average Bonchev–Trinajstić information content (AvgIpc) is 2.58. The summed E-state index contributed by atoms with van der Waals surface area (Å²) in [4.78, 5) is 25.8. The zero-order valence-electron chi connectivity index (χ0n) is 13.8. The Hall–Kier alpha value is -2.82. The van der Waals surface area contributed by atoms with Crippen LogP contribution in [0.5, 0.6) is 5.75 Å². The van der Waals surface area contributed by atoms with Crippen molar-refractivity contribution < 1.29 is 14.3 Å². The van der Waals surface area contributed by atoms with Crippen molar-refractivity contribution >= 4 is 23.2 Å². The van der Waals surface area contributed by atoms with Gasteiger partial charge in [-0.1, -0.05) is 38.1 Å². The van der Waals surface area contributed by atoms with Gasteiger partial charge in [-0.05, 0) is 35.7 Å². The fraction of sp³-hybridized carbons (Fsp3) is 0.263. The van der Waals surface area contributed by atoms with Crippen molar-refractivity contribution in [1.82, 2.24) is 0 Å². The smallest absolute Gasteiger partial charge is 0.265 e. The first-order valence-corrected chi connectivity index (χ1v) is 7.96. The van der Waals surface area contributed by atoms with E-state index in [4.69, 9.17) is 4.74 Å². The lowest BCUT2D eigenvalue weighted by molar-refractivity contribution is -0.123. The Morgan fingerprint density at radius 2 is 1.88 bits per heavy atom. The number of anilines is 2. The molecule has 0 radical (unpaired) electrons. The van der Waals surface area contributed by atoms with Gasteiger partial charge in [0.05, 0.1) is 5.69 Å². The molecule has 1 aliphatic rings. The molecule has 1 aliphatic heterocycles. The number of hydrogen-bond acceptors (Lipinski definition) is 3. The molecule has 2 aromatic carbocycles. The van der Waals surface area contributed by atoms with Crippen LogP contribution in [-0.4, -0.2) is 25.0 Å². The lowest BCUT2D eigenvalue weighted by atomic mass is 10.0. The summed E-state index contributed by atoms with van der Waals surface area (Å²) in [5.41, 5.74) is 2.56. The van der Waals surface area contributed by atoms with Crippen molar-refractivity contribution in [2.24, 2.45) is 0 Å². The summed E-state index contributed by atoms with van der Waals surface area (Å²) in [5.74, 6) is 0.597. The van der Waals surface area contributed by atoms with Crippen LogP contribution in [0.25, 0.3) is 0 Å². The predicted octanol–water partition coefficient (Wildman–Crippen LogP) is 3.17. The molecule has 0 aliphatic carbocycles. The summed E-state index contributed by atoms with van der Waals surface area (Å²) in [6.45, 7) is 4.16. The molecule has 0 bridgehead atoms. The van der Waals surface area contributed by atoms with Crippen molar-refractivity contribution in [1.29, 1.82) is 0 Å². The highest BCUT2D eigenvalue weighted by Gasteiger charge is 2.26. The number of carbonyl (C=O) groups excluding carboxylic acids is 2. The maximum absolute atomic E-state index is 12.3. The molecule has 2 aromatic rings. The summed E-state index contributed by atoms with van der Waals surface area (Å²) in [6, 6.07) is 15.0. The highest BCUT2D eigenvalue weighted by atomic mass is 16.5. The Kier molecular flexibility index (Phi) is 4.51. The van der Waals surface area contributed by atoms with Crippen LogP contribution in [0.3, 0.4) is 0 Å². The fourth-order valence-corrected chi connectivity index (χ4v) is 2.62. The first-order chi connectivity index (χ1) is 11.5. The van der Waals surface area contributed by atoms with Gasteiger partial charge in [-0.15, -0.1) is 0 Å². The van der Waals surface area contributed by atoms with Gasteiger partial charge in [0, 0.05) is 5.69 Å². The van der Waals surface area contributed by atoms with Crippen LogP contribution >= 0.6 is 0 Å². The molecule has 1 heterocycles. The third-order valence-corrected chi connectivity index (χ3v) is 3.97. The molecular formula is C19H20N2O3. The van der Waals surface area contributed by atoms with Gasteiger partial charge < -0.3 is 10.1 Å². The molecule has 0 spiro atoms. The molecular weight excluding hydrogens is 304 g/mol. The fourth-order valence-electron chi connectivity index (χ4n) is 2.62. The molecule has 0 unspecified atom stereocenters. The predicted molar refractivity (Wildman–Crippen MR) is 93.5 cm³/mol. The van der Waals surface area contributed by atoms with Gasteiger partial charge in [0.15, 0.2) is 6.61 Å². The van der Waals surface area contributed by atoms with E-state index in [1.165, 1.54) is 10.5 Å². The summed E-state index contributed by atoms with van der Waals surface area (Å²) in [7, 11) is 0. The molecule has 24 heavy (non-hydrogen) atoms. The van der Waals surface area contributed by atoms with Crippen LogP contribution in [0.4, 0.5) is 11.4 Å². The highest BCUT2D eigenvalue weighted by Crippen LogP contribution is 2.31. The van der Waals surface area contributed by atoms with E-state index in [-0.39, 0.29) is 25.0 Å². The Balaban J connectivity index is 1.69. The SMILES string of the molecule is CC(C)c1ccc(NC(=O)CN2C(=O)COc3ccccc32)cc1. The van der Waals surface area contributed by atoms with Gasteiger partial charge in [0.25, 0.3) is 5.91 Å². The first kappa shape index (κ1) is 16.1. The number of fused-ring (bicyclic) bond motifs is 1. The maximum atomic E-state index is 12.3. The standard InChI is InChI=1S/C19H20N2O3/c1-13(2)14-7-9-15(10-8-14)20-18(22)11-21-16-5-3-4-6-17(16)24-12-19(21)23/h3-10,13H,11-12H2,1-2H3,(H,20,22). The Morgan fingerprint density at radius 1 is 1.17 bits per heavy atom. The second-order valence-corrected chi connectivity index (χ2v) is 6.06.